The fourth-order valence-electron chi connectivity index (χ4n) is 2.61. The summed E-state index contributed by atoms with van der Waals surface area (Å²) in [6.45, 7) is 19.7. The van der Waals surface area contributed by atoms with E-state index in [4.69, 9.17) is 0 Å². The number of allylic oxidation sites excluding steroid dienone is 6. The molecular formula is C24H33N. The summed E-state index contributed by atoms with van der Waals surface area (Å²) >= 11 is 0. The van der Waals surface area contributed by atoms with Crippen LogP contribution in [0.25, 0.3) is 28.8 Å². The molecule has 1 heterocycles. The zero-order valence-corrected chi connectivity index (χ0v) is 16.7. The topological polar surface area (TPSA) is 4.93 Å². The molecule has 0 N–H and O–H groups in total. The molecule has 1 heteroatoms. The number of hydrogen-bond donors (Lipinski definition) is 0. The van der Waals surface area contributed by atoms with Crippen molar-refractivity contribution >= 4 is 28.8 Å². The lowest BCUT2D eigenvalue weighted by Crippen LogP contribution is -2.28. The van der Waals surface area contributed by atoms with Gasteiger partial charge in [-0.25, -0.2) is 0 Å². The van der Waals surface area contributed by atoms with Crippen LogP contribution in [0, 0.1) is 0 Å². The molecule has 0 spiro atoms. The minimum atomic E-state index is 1.12. The Balaban J connectivity index is 0.00000134. The summed E-state index contributed by atoms with van der Waals surface area (Å²) in [5.74, 6) is 0. The predicted molar refractivity (Wildman–Crippen MR) is 118 cm³/mol. The van der Waals surface area contributed by atoms with Gasteiger partial charge in [-0.3, -0.25) is 0 Å². The molecule has 2 aromatic rings. The first-order valence-electron chi connectivity index (χ1n) is 9.12. The van der Waals surface area contributed by atoms with Gasteiger partial charge in [-0.15, -0.1) is 0 Å². The molecule has 134 valence electrons. The molecule has 0 aliphatic rings. The highest BCUT2D eigenvalue weighted by Gasteiger charge is 2.07. The monoisotopic (exact) mass is 335 g/mol. The van der Waals surface area contributed by atoms with Crippen LogP contribution in [-0.4, -0.2) is 4.57 Å². The third-order valence-corrected chi connectivity index (χ3v) is 3.47. The van der Waals surface area contributed by atoms with E-state index in [1.54, 1.807) is 6.08 Å². The van der Waals surface area contributed by atoms with Gasteiger partial charge in [-0.1, -0.05) is 89.4 Å². The van der Waals surface area contributed by atoms with Crippen molar-refractivity contribution in [2.45, 2.75) is 41.5 Å². The Hall–Kier alpha value is -2.54. The van der Waals surface area contributed by atoms with E-state index in [2.05, 4.69) is 73.2 Å². The van der Waals surface area contributed by atoms with Crippen molar-refractivity contribution in [2.24, 2.45) is 0 Å². The van der Waals surface area contributed by atoms with Crippen molar-refractivity contribution in [3.8, 4) is 0 Å². The SMILES string of the molecule is C=C/C=C\C(=C/C)n1c(=C/C=C)/c(=C\C)c2ccccc21.CC.CC. The molecule has 0 aliphatic carbocycles. The molecule has 0 atom stereocenters. The van der Waals surface area contributed by atoms with Gasteiger partial charge in [0.1, 0.15) is 0 Å². The lowest BCUT2D eigenvalue weighted by atomic mass is 10.2. The third-order valence-electron chi connectivity index (χ3n) is 3.47. The van der Waals surface area contributed by atoms with Crippen molar-refractivity contribution in [1.82, 2.24) is 4.57 Å². The van der Waals surface area contributed by atoms with Crippen molar-refractivity contribution in [2.75, 3.05) is 0 Å². The van der Waals surface area contributed by atoms with E-state index < -0.39 is 0 Å². The molecule has 0 saturated carbocycles. The molecule has 0 aliphatic heterocycles. The largest absolute Gasteiger partial charge is 0.310 e. The minimum absolute atomic E-state index is 1.12. The highest BCUT2D eigenvalue weighted by Crippen LogP contribution is 2.14. The molecule has 0 bridgehead atoms. The minimum Gasteiger partial charge on any atom is -0.310 e. The first kappa shape index (κ1) is 22.5. The first-order chi connectivity index (χ1) is 12.3. The molecule has 25 heavy (non-hydrogen) atoms. The van der Waals surface area contributed by atoms with Crippen molar-refractivity contribution in [1.29, 1.82) is 0 Å². The maximum absolute atomic E-state index is 3.85. The maximum atomic E-state index is 3.85. The van der Waals surface area contributed by atoms with Gasteiger partial charge in [-0.2, -0.15) is 0 Å². The lowest BCUT2D eigenvalue weighted by Gasteiger charge is -2.07. The van der Waals surface area contributed by atoms with Crippen LogP contribution >= 0.6 is 0 Å². The summed E-state index contributed by atoms with van der Waals surface area (Å²) in [6, 6.07) is 8.45. The molecule has 1 aromatic carbocycles. The Kier molecular flexibility index (Phi) is 11.5. The second-order valence-electron chi connectivity index (χ2n) is 4.65. The molecule has 1 nitrogen and oxygen atoms in total. The molecule has 0 radical (unpaired) electrons. The Bertz CT molecular complexity index is 842. The van der Waals surface area contributed by atoms with E-state index in [0.29, 0.717) is 0 Å². The van der Waals surface area contributed by atoms with Crippen LogP contribution in [-0.2, 0) is 0 Å². The van der Waals surface area contributed by atoms with Gasteiger partial charge in [-0.05, 0) is 32.1 Å². The molecule has 0 amide bonds. The fraction of sp³-hybridized carbons (Fsp3) is 0.250. The standard InChI is InChI=1S/C20H21N.2C2H6/c1-5-9-13-16(7-3)21-19(12-6-2)17(8-4)18-14-10-11-15-20(18)21;2*1-2/h5-15H,1-2H2,3-4H3;2*1-2H3/b13-9-,16-7+,17-8-,19-12+;;. The zero-order valence-electron chi connectivity index (χ0n) is 16.7. The number of hydrogen-bond acceptors (Lipinski definition) is 0. The summed E-state index contributed by atoms with van der Waals surface area (Å²) < 4.78 is 2.26. The van der Waals surface area contributed by atoms with Crippen LogP contribution in [0.4, 0.5) is 0 Å². The van der Waals surface area contributed by atoms with E-state index in [1.807, 2.05) is 46.8 Å². The highest BCUT2D eigenvalue weighted by atomic mass is 15.0. The fourth-order valence-corrected chi connectivity index (χ4v) is 2.61. The zero-order chi connectivity index (χ0) is 19.2. The second-order valence-corrected chi connectivity index (χ2v) is 4.65. The predicted octanol–water partition coefficient (Wildman–Crippen LogP) is 6.06. The maximum Gasteiger partial charge on any atom is 0.0540 e. The van der Waals surface area contributed by atoms with Crippen molar-refractivity contribution < 1.29 is 0 Å². The summed E-state index contributed by atoms with van der Waals surface area (Å²) in [5.41, 5.74) is 2.31. The van der Waals surface area contributed by atoms with E-state index in [1.165, 1.54) is 16.1 Å². The summed E-state index contributed by atoms with van der Waals surface area (Å²) in [5, 5.41) is 3.63. The van der Waals surface area contributed by atoms with Gasteiger partial charge in [0.2, 0.25) is 0 Å². The summed E-state index contributed by atoms with van der Waals surface area (Å²) in [4.78, 5) is 0. The van der Waals surface area contributed by atoms with E-state index in [0.717, 1.165) is 11.0 Å². The lowest BCUT2D eigenvalue weighted by molar-refractivity contribution is 1.11. The van der Waals surface area contributed by atoms with Crippen LogP contribution < -0.4 is 10.6 Å². The van der Waals surface area contributed by atoms with Crippen molar-refractivity contribution in [3.63, 3.8) is 0 Å². The Morgan fingerprint density at radius 2 is 1.60 bits per heavy atom. The van der Waals surface area contributed by atoms with Gasteiger partial charge in [0.15, 0.2) is 0 Å². The normalized spacial score (nSPS) is 12.5. The number of fused-ring (bicyclic) bond motifs is 1. The van der Waals surface area contributed by atoms with Crippen molar-refractivity contribution in [3.05, 3.63) is 78.4 Å². The number of aromatic nitrogens is 1. The van der Waals surface area contributed by atoms with Gasteiger partial charge >= 0.3 is 0 Å². The van der Waals surface area contributed by atoms with Gasteiger partial charge < -0.3 is 4.57 Å². The number of rotatable bonds is 4. The van der Waals surface area contributed by atoms with E-state index >= 15 is 0 Å². The van der Waals surface area contributed by atoms with Crippen LogP contribution in [0.1, 0.15) is 41.5 Å². The average Bonchev–Trinajstić information content (AvgIpc) is 2.99. The number of benzene rings is 1. The first-order valence-corrected chi connectivity index (χ1v) is 9.12. The van der Waals surface area contributed by atoms with Crippen LogP contribution in [0.3, 0.4) is 0 Å². The van der Waals surface area contributed by atoms with Gasteiger partial charge in [0, 0.05) is 16.3 Å². The summed E-state index contributed by atoms with van der Waals surface area (Å²) in [6.07, 6.45) is 14.0. The van der Waals surface area contributed by atoms with Gasteiger partial charge in [0.25, 0.3) is 0 Å². The van der Waals surface area contributed by atoms with Crippen LogP contribution in [0.15, 0.2) is 67.8 Å². The molecular weight excluding hydrogens is 302 g/mol. The molecule has 1 aromatic heterocycles. The second kappa shape index (κ2) is 12.8. The number of para-hydroxylation sites is 1. The Morgan fingerprint density at radius 1 is 0.960 bits per heavy atom. The van der Waals surface area contributed by atoms with E-state index in [-0.39, 0.29) is 0 Å². The Labute approximate surface area is 153 Å². The van der Waals surface area contributed by atoms with Crippen LogP contribution in [0.5, 0.6) is 0 Å². The molecule has 0 unspecified atom stereocenters. The van der Waals surface area contributed by atoms with Gasteiger partial charge in [0.05, 0.1) is 10.9 Å². The number of nitrogens with zero attached hydrogens (tertiary/aromatic N) is 1. The molecule has 0 saturated heterocycles. The third kappa shape index (κ3) is 5.22. The van der Waals surface area contributed by atoms with Crippen LogP contribution in [0.2, 0.25) is 0 Å². The Morgan fingerprint density at radius 3 is 2.12 bits per heavy atom. The molecule has 2 rings (SSSR count). The molecule has 0 fully saturated rings. The quantitative estimate of drug-likeness (QED) is 0.598. The smallest absolute Gasteiger partial charge is 0.0540 e. The summed E-state index contributed by atoms with van der Waals surface area (Å²) in [7, 11) is 0. The highest BCUT2D eigenvalue weighted by molar-refractivity contribution is 5.86. The van der Waals surface area contributed by atoms with E-state index in [9.17, 15) is 0 Å². The average molecular weight is 336 g/mol.